The van der Waals surface area contributed by atoms with Gasteiger partial charge in [0.1, 0.15) is 23.2 Å². The highest BCUT2D eigenvalue weighted by molar-refractivity contribution is 7.91. The summed E-state index contributed by atoms with van der Waals surface area (Å²) < 4.78 is 35.2. The smallest absolute Gasteiger partial charge is 0.408 e. The average molecular weight is 605 g/mol. The molecule has 2 aliphatic heterocycles. The van der Waals surface area contributed by atoms with E-state index in [-0.39, 0.29) is 18.0 Å². The zero-order chi connectivity index (χ0) is 30.5. The van der Waals surface area contributed by atoms with Crippen LogP contribution in [0.2, 0.25) is 0 Å². The third kappa shape index (κ3) is 7.99. The maximum absolute atomic E-state index is 13.7. The van der Waals surface area contributed by atoms with Gasteiger partial charge in [-0.25, -0.2) is 9.52 Å². The molecule has 0 aromatic carbocycles. The third-order valence-corrected chi connectivity index (χ3v) is 8.44. The van der Waals surface area contributed by atoms with E-state index in [1.165, 1.54) is 29.4 Å². The number of amides is 4. The summed E-state index contributed by atoms with van der Waals surface area (Å²) in [5.41, 5.74) is -2.01. The summed E-state index contributed by atoms with van der Waals surface area (Å²) in [5.74, 6) is -2.20. The normalized spacial score (nSPS) is 27.7. The molecule has 13 nitrogen and oxygen atoms in total. The molecule has 1 aromatic heterocycles. The van der Waals surface area contributed by atoms with Crippen LogP contribution in [0, 0.1) is 5.92 Å². The molecule has 14 heteroatoms. The van der Waals surface area contributed by atoms with E-state index in [9.17, 15) is 27.6 Å². The molecule has 0 bridgehead atoms. The van der Waals surface area contributed by atoms with Gasteiger partial charge in [0.05, 0.1) is 5.69 Å². The third-order valence-electron chi connectivity index (χ3n) is 7.49. The molecule has 1 saturated heterocycles. The summed E-state index contributed by atoms with van der Waals surface area (Å²) in [6, 6.07) is 1.14. The second-order valence-corrected chi connectivity index (χ2v) is 13.4. The number of pyridine rings is 1. The molecule has 1 saturated carbocycles. The first-order valence-electron chi connectivity index (χ1n) is 14.3. The van der Waals surface area contributed by atoms with Gasteiger partial charge in [0.15, 0.2) is 0 Å². The molecule has 4 amide bonds. The van der Waals surface area contributed by atoms with Crippen LogP contribution in [0.5, 0.6) is 0 Å². The Morgan fingerprint density at radius 3 is 2.55 bits per heavy atom. The number of carbonyl (C=O) groups excluding carboxylic acids is 4. The summed E-state index contributed by atoms with van der Waals surface area (Å²) in [4.78, 5) is 58.5. The molecular weight excluding hydrogens is 564 g/mol. The lowest BCUT2D eigenvalue weighted by atomic mass is 10.0. The maximum Gasteiger partial charge on any atom is 0.408 e. The summed E-state index contributed by atoms with van der Waals surface area (Å²) in [7, 11) is -4.31. The van der Waals surface area contributed by atoms with Gasteiger partial charge in [0.25, 0.3) is 5.91 Å². The van der Waals surface area contributed by atoms with Crippen LogP contribution in [0.15, 0.2) is 36.7 Å². The molecule has 1 aliphatic carbocycles. The highest BCUT2D eigenvalue weighted by atomic mass is 32.2. The molecule has 2 fully saturated rings. The van der Waals surface area contributed by atoms with Crippen molar-refractivity contribution in [1.82, 2.24) is 25.2 Å². The van der Waals surface area contributed by atoms with E-state index >= 15 is 0 Å². The van der Waals surface area contributed by atoms with Crippen molar-refractivity contribution >= 4 is 39.7 Å². The van der Waals surface area contributed by atoms with Crippen LogP contribution in [-0.2, 0) is 29.3 Å². The number of alkyl carbamates (subject to hydrolysis) is 1. The molecule has 4 rings (SSSR count). The zero-order valence-electron chi connectivity index (χ0n) is 24.2. The molecule has 1 unspecified atom stereocenters. The molecule has 0 radical (unpaired) electrons. The van der Waals surface area contributed by atoms with E-state index in [1.807, 2.05) is 16.9 Å². The highest BCUT2D eigenvalue weighted by Gasteiger charge is 2.61. The Morgan fingerprint density at radius 2 is 1.83 bits per heavy atom. The number of carbonyl (C=O) groups is 4. The van der Waals surface area contributed by atoms with Crippen molar-refractivity contribution in [3.8, 4) is 0 Å². The SMILES string of the molecule is CC(C)(C)OC(=O)N[C@H]1CCCCC/C=C\C2C[C@@]2(C(=O)NS(=O)(=O)Nc2ccncc2)NC(=O)[C@@H]2CCCN2C1=O. The van der Waals surface area contributed by atoms with E-state index in [2.05, 4.69) is 20.3 Å². The first-order chi connectivity index (χ1) is 19.8. The zero-order valence-corrected chi connectivity index (χ0v) is 25.0. The van der Waals surface area contributed by atoms with E-state index in [4.69, 9.17) is 4.74 Å². The lowest BCUT2D eigenvalue weighted by Gasteiger charge is -2.30. The summed E-state index contributed by atoms with van der Waals surface area (Å²) in [6.07, 6.45) is 10.4. The number of nitrogens with one attached hydrogen (secondary N) is 4. The number of rotatable bonds is 5. The Morgan fingerprint density at radius 1 is 1.10 bits per heavy atom. The standard InChI is InChI=1S/C28H40N6O7S/c1-27(2,3)41-26(38)30-21-11-8-6-4-5-7-10-19-18-28(19,31-23(35)22-12-9-17-34(22)24(21)36)25(37)33-42(39,40)32-20-13-15-29-16-14-20/h7,10,13-16,19,21-22H,4-6,8-9,11-12,17-18H2,1-3H3,(H,29,32)(H,30,38)(H,31,35)(H,33,37)/b10-7-/t19?,21-,22-,28+/m0/s1. The number of fused-ring (bicyclic) bond motifs is 2. The molecule has 0 spiro atoms. The number of hydrogen-bond acceptors (Lipinski definition) is 8. The Labute approximate surface area is 246 Å². The molecule has 42 heavy (non-hydrogen) atoms. The molecule has 230 valence electrons. The fraction of sp³-hybridized carbons (Fsp3) is 0.607. The van der Waals surface area contributed by atoms with E-state index in [0.29, 0.717) is 38.6 Å². The van der Waals surface area contributed by atoms with Gasteiger partial charge in [-0.1, -0.05) is 25.0 Å². The first kappa shape index (κ1) is 31.3. The van der Waals surface area contributed by atoms with Gasteiger partial charge >= 0.3 is 16.3 Å². The van der Waals surface area contributed by atoms with E-state index < -0.39 is 57.3 Å². The maximum atomic E-state index is 13.7. The first-order valence-corrected chi connectivity index (χ1v) is 15.8. The van der Waals surface area contributed by atoms with Gasteiger partial charge in [-0.3, -0.25) is 24.1 Å². The van der Waals surface area contributed by atoms with Gasteiger partial charge < -0.3 is 20.3 Å². The van der Waals surface area contributed by atoms with Crippen LogP contribution < -0.4 is 20.1 Å². The molecule has 1 aromatic rings. The van der Waals surface area contributed by atoms with Crippen LogP contribution in [0.3, 0.4) is 0 Å². The second-order valence-electron chi connectivity index (χ2n) is 12.0. The molecule has 4 atom stereocenters. The molecular formula is C28H40N6O7S. The van der Waals surface area contributed by atoms with Crippen LogP contribution in [0.1, 0.15) is 72.1 Å². The fourth-order valence-corrected chi connectivity index (χ4v) is 6.28. The van der Waals surface area contributed by atoms with Gasteiger partial charge in [-0.2, -0.15) is 8.42 Å². The number of allylic oxidation sites excluding steroid dienone is 1. The largest absolute Gasteiger partial charge is 0.444 e. The molecule has 4 N–H and O–H groups in total. The van der Waals surface area contributed by atoms with E-state index in [1.54, 1.807) is 20.8 Å². The number of aromatic nitrogens is 1. The highest BCUT2D eigenvalue weighted by Crippen LogP contribution is 2.45. The minimum absolute atomic E-state index is 0.218. The Hall–Kier alpha value is -3.68. The van der Waals surface area contributed by atoms with Gasteiger partial charge in [0, 0.05) is 24.9 Å². The Balaban J connectivity index is 1.53. The van der Waals surface area contributed by atoms with Crippen molar-refractivity contribution in [3.05, 3.63) is 36.7 Å². The van der Waals surface area contributed by atoms with E-state index in [0.717, 1.165) is 12.8 Å². The summed E-state index contributed by atoms with van der Waals surface area (Å²) >= 11 is 0. The number of ether oxygens (including phenoxy) is 1. The molecule has 3 heterocycles. The monoisotopic (exact) mass is 604 g/mol. The van der Waals surface area contributed by atoms with Crippen LogP contribution in [0.4, 0.5) is 10.5 Å². The molecule has 3 aliphatic rings. The van der Waals surface area contributed by atoms with Gasteiger partial charge in [0.2, 0.25) is 11.8 Å². The van der Waals surface area contributed by atoms with Gasteiger partial charge in [-0.15, -0.1) is 0 Å². The van der Waals surface area contributed by atoms with Crippen LogP contribution in [0.25, 0.3) is 0 Å². The van der Waals surface area contributed by atoms with Crippen molar-refractivity contribution in [1.29, 1.82) is 0 Å². The number of anilines is 1. The van der Waals surface area contributed by atoms with Crippen LogP contribution in [-0.4, -0.2) is 71.9 Å². The predicted octanol–water partition coefficient (Wildman–Crippen LogP) is 2.13. The Bertz CT molecular complexity index is 1310. The van der Waals surface area contributed by atoms with Crippen molar-refractivity contribution < 1.29 is 32.3 Å². The van der Waals surface area contributed by atoms with Crippen molar-refractivity contribution in [2.75, 3.05) is 11.3 Å². The average Bonchev–Trinajstić information content (AvgIpc) is 3.35. The lowest BCUT2D eigenvalue weighted by molar-refractivity contribution is -0.141. The number of nitrogens with zero attached hydrogens (tertiary/aromatic N) is 2. The Kier molecular flexibility index (Phi) is 9.43. The van der Waals surface area contributed by atoms with Crippen molar-refractivity contribution in [3.63, 3.8) is 0 Å². The second kappa shape index (κ2) is 12.7. The van der Waals surface area contributed by atoms with Crippen molar-refractivity contribution in [2.45, 2.75) is 95.4 Å². The predicted molar refractivity (Wildman–Crippen MR) is 154 cm³/mol. The quantitative estimate of drug-likeness (QED) is 0.370. The summed E-state index contributed by atoms with van der Waals surface area (Å²) in [6.45, 7) is 5.51. The summed E-state index contributed by atoms with van der Waals surface area (Å²) in [5, 5.41) is 5.49. The van der Waals surface area contributed by atoms with Crippen molar-refractivity contribution in [2.24, 2.45) is 5.92 Å². The minimum atomic E-state index is -4.31. The lowest BCUT2D eigenvalue weighted by Crippen LogP contribution is -2.58. The number of hydrogen-bond donors (Lipinski definition) is 4. The fourth-order valence-electron chi connectivity index (χ4n) is 5.36. The topological polar surface area (TPSA) is 176 Å². The minimum Gasteiger partial charge on any atom is -0.444 e. The van der Waals surface area contributed by atoms with Gasteiger partial charge in [-0.05, 0) is 71.4 Å². The van der Waals surface area contributed by atoms with Crippen LogP contribution >= 0.6 is 0 Å².